The first-order valence-corrected chi connectivity index (χ1v) is 8.57. The van der Waals surface area contributed by atoms with Crippen molar-refractivity contribution in [3.05, 3.63) is 33.0 Å². The third kappa shape index (κ3) is 5.18. The average Bonchev–Trinajstić information content (AvgIpc) is 3.03. The zero-order valence-corrected chi connectivity index (χ0v) is 15.3. The summed E-state index contributed by atoms with van der Waals surface area (Å²) >= 11 is 1.58. The molecule has 0 atom stereocenters. The molecule has 0 spiro atoms. The van der Waals surface area contributed by atoms with E-state index in [1.54, 1.807) is 11.3 Å². The monoisotopic (exact) mass is 374 g/mol. The van der Waals surface area contributed by atoms with Crippen molar-refractivity contribution in [3.8, 4) is 0 Å². The highest BCUT2D eigenvalue weighted by atomic mass is 32.1. The highest BCUT2D eigenvalue weighted by Crippen LogP contribution is 2.30. The van der Waals surface area contributed by atoms with Gasteiger partial charge in [-0.05, 0) is 20.8 Å². The van der Waals surface area contributed by atoms with Crippen LogP contribution in [0.5, 0.6) is 0 Å². The van der Waals surface area contributed by atoms with Gasteiger partial charge in [0.2, 0.25) is 0 Å². The second-order valence-electron chi connectivity index (χ2n) is 5.46. The SMILES string of the molecule is CCNC(=NCc1cn(C)nc1C(F)(F)F)NCc1sc(C)nc1C. The van der Waals surface area contributed by atoms with Crippen LogP contribution in [0, 0.1) is 13.8 Å². The molecule has 138 valence electrons. The largest absolute Gasteiger partial charge is 0.435 e. The van der Waals surface area contributed by atoms with Gasteiger partial charge >= 0.3 is 6.18 Å². The van der Waals surface area contributed by atoms with Crippen LogP contribution < -0.4 is 10.6 Å². The maximum atomic E-state index is 13.0. The molecule has 10 heteroatoms. The molecule has 2 N–H and O–H groups in total. The summed E-state index contributed by atoms with van der Waals surface area (Å²) in [5, 5.41) is 10.6. The lowest BCUT2D eigenvalue weighted by Crippen LogP contribution is -2.36. The van der Waals surface area contributed by atoms with E-state index in [1.807, 2.05) is 20.8 Å². The lowest BCUT2D eigenvalue weighted by Gasteiger charge is -2.11. The Hall–Kier alpha value is -2.10. The molecule has 6 nitrogen and oxygen atoms in total. The molecule has 0 bridgehead atoms. The lowest BCUT2D eigenvalue weighted by atomic mass is 10.2. The molecule has 0 fully saturated rings. The van der Waals surface area contributed by atoms with Gasteiger partial charge in [0.25, 0.3) is 0 Å². The Morgan fingerprint density at radius 3 is 2.60 bits per heavy atom. The number of aliphatic imine (C=N–C) groups is 1. The molecule has 0 aliphatic heterocycles. The topological polar surface area (TPSA) is 67.1 Å². The molecule has 0 saturated carbocycles. The number of rotatable bonds is 5. The lowest BCUT2D eigenvalue weighted by molar-refractivity contribution is -0.142. The van der Waals surface area contributed by atoms with Gasteiger partial charge in [0.15, 0.2) is 11.7 Å². The summed E-state index contributed by atoms with van der Waals surface area (Å²) in [6, 6.07) is 0. The summed E-state index contributed by atoms with van der Waals surface area (Å²) in [6.45, 7) is 6.76. The number of guanidine groups is 1. The Morgan fingerprint density at radius 1 is 1.32 bits per heavy atom. The van der Waals surface area contributed by atoms with E-state index < -0.39 is 11.9 Å². The number of hydrogen-bond donors (Lipinski definition) is 2. The predicted octanol–water partition coefficient (Wildman–Crippen LogP) is 2.77. The van der Waals surface area contributed by atoms with Crippen molar-refractivity contribution in [2.75, 3.05) is 6.54 Å². The van der Waals surface area contributed by atoms with Crippen LogP contribution in [0.2, 0.25) is 0 Å². The van der Waals surface area contributed by atoms with Gasteiger partial charge in [-0.15, -0.1) is 11.3 Å². The standard InChI is InChI=1S/C15H21F3N6S/c1-5-19-14(21-7-12-9(2)22-10(3)25-12)20-6-11-8-24(4)23-13(11)15(16,17)18/h8H,5-7H2,1-4H3,(H2,19,20,21). The minimum absolute atomic E-state index is 0.0389. The first kappa shape index (κ1) is 19.2. The van der Waals surface area contributed by atoms with Crippen LogP contribution in [-0.4, -0.2) is 27.3 Å². The maximum Gasteiger partial charge on any atom is 0.435 e. The van der Waals surface area contributed by atoms with Gasteiger partial charge in [0, 0.05) is 30.2 Å². The van der Waals surface area contributed by atoms with E-state index in [4.69, 9.17) is 0 Å². The van der Waals surface area contributed by atoms with Crippen LogP contribution in [0.3, 0.4) is 0 Å². The summed E-state index contributed by atoms with van der Waals surface area (Å²) in [5.41, 5.74) is 0.0815. The maximum absolute atomic E-state index is 13.0. The first-order valence-electron chi connectivity index (χ1n) is 7.75. The van der Waals surface area contributed by atoms with Gasteiger partial charge in [-0.25, -0.2) is 9.98 Å². The third-order valence-corrected chi connectivity index (χ3v) is 4.41. The normalized spacial score (nSPS) is 12.5. The highest BCUT2D eigenvalue weighted by Gasteiger charge is 2.36. The number of aryl methyl sites for hydroxylation is 3. The molecule has 0 radical (unpaired) electrons. The molecule has 0 amide bonds. The first-order chi connectivity index (χ1) is 11.7. The Balaban J connectivity index is 2.11. The number of aromatic nitrogens is 3. The summed E-state index contributed by atoms with van der Waals surface area (Å²) < 4.78 is 40.1. The van der Waals surface area contributed by atoms with E-state index in [-0.39, 0.29) is 12.1 Å². The fourth-order valence-corrected chi connectivity index (χ4v) is 3.18. The summed E-state index contributed by atoms with van der Waals surface area (Å²) in [7, 11) is 1.46. The Morgan fingerprint density at radius 2 is 2.04 bits per heavy atom. The zero-order chi connectivity index (χ0) is 18.6. The molecule has 0 aromatic carbocycles. The minimum atomic E-state index is -4.49. The molecule has 2 aromatic heterocycles. The number of alkyl halides is 3. The van der Waals surface area contributed by atoms with E-state index >= 15 is 0 Å². The fraction of sp³-hybridized carbons (Fsp3) is 0.533. The second-order valence-corrected chi connectivity index (χ2v) is 6.75. The number of nitrogens with zero attached hydrogens (tertiary/aromatic N) is 4. The van der Waals surface area contributed by atoms with Crippen molar-refractivity contribution in [3.63, 3.8) is 0 Å². The van der Waals surface area contributed by atoms with Crippen LogP contribution in [0.15, 0.2) is 11.2 Å². The van der Waals surface area contributed by atoms with Gasteiger partial charge in [-0.1, -0.05) is 0 Å². The van der Waals surface area contributed by atoms with Gasteiger partial charge in [-0.3, -0.25) is 4.68 Å². The van der Waals surface area contributed by atoms with Gasteiger partial charge in [0.1, 0.15) is 0 Å². The Kier molecular flexibility index (Phi) is 6.04. The van der Waals surface area contributed by atoms with Crippen LogP contribution in [0.25, 0.3) is 0 Å². The van der Waals surface area contributed by atoms with Gasteiger partial charge in [0.05, 0.1) is 23.8 Å². The van der Waals surface area contributed by atoms with Crippen molar-refractivity contribution in [1.82, 2.24) is 25.4 Å². The molecule has 0 saturated heterocycles. The molecular formula is C15H21F3N6S. The van der Waals surface area contributed by atoms with Crippen LogP contribution in [0.1, 0.15) is 33.8 Å². The fourth-order valence-electron chi connectivity index (χ4n) is 2.30. The molecular weight excluding hydrogens is 353 g/mol. The van der Waals surface area contributed by atoms with Crippen LogP contribution in [0.4, 0.5) is 13.2 Å². The summed E-state index contributed by atoms with van der Waals surface area (Å²) in [6.07, 6.45) is -3.15. The molecule has 2 rings (SSSR count). The average molecular weight is 374 g/mol. The quantitative estimate of drug-likeness (QED) is 0.624. The van der Waals surface area contributed by atoms with Crippen molar-refractivity contribution < 1.29 is 13.2 Å². The van der Waals surface area contributed by atoms with Gasteiger partial charge < -0.3 is 10.6 Å². The molecule has 0 unspecified atom stereocenters. The van der Waals surface area contributed by atoms with Crippen molar-refractivity contribution in [2.45, 2.75) is 40.0 Å². The number of halogens is 3. The molecule has 0 aliphatic carbocycles. The molecule has 2 aromatic rings. The summed E-state index contributed by atoms with van der Waals surface area (Å²) in [4.78, 5) is 9.67. The van der Waals surface area contributed by atoms with Gasteiger partial charge in [-0.2, -0.15) is 18.3 Å². The van der Waals surface area contributed by atoms with E-state index in [0.29, 0.717) is 19.0 Å². The number of nitrogens with one attached hydrogen (secondary N) is 2. The number of thiazole rings is 1. The Labute approximate surface area is 148 Å². The second kappa shape index (κ2) is 7.85. The predicted molar refractivity (Wildman–Crippen MR) is 91.5 cm³/mol. The van der Waals surface area contributed by atoms with Crippen LogP contribution >= 0.6 is 11.3 Å². The molecule has 0 aliphatic rings. The van der Waals surface area contributed by atoms with Crippen molar-refractivity contribution in [2.24, 2.45) is 12.0 Å². The third-order valence-electron chi connectivity index (χ3n) is 3.34. The van der Waals surface area contributed by atoms with Crippen LogP contribution in [-0.2, 0) is 26.3 Å². The van der Waals surface area contributed by atoms with E-state index in [1.165, 1.54) is 13.2 Å². The Bertz CT molecular complexity index is 747. The van der Waals surface area contributed by atoms with Crippen molar-refractivity contribution >= 4 is 17.3 Å². The molecule has 2 heterocycles. The van der Waals surface area contributed by atoms with Crippen molar-refractivity contribution in [1.29, 1.82) is 0 Å². The molecule has 25 heavy (non-hydrogen) atoms. The summed E-state index contributed by atoms with van der Waals surface area (Å²) in [5.74, 6) is 0.449. The van der Waals surface area contributed by atoms with E-state index in [0.717, 1.165) is 20.3 Å². The van der Waals surface area contributed by atoms with E-state index in [2.05, 4.69) is 25.7 Å². The number of hydrogen-bond acceptors (Lipinski definition) is 4. The smallest absolute Gasteiger partial charge is 0.357 e. The van der Waals surface area contributed by atoms with E-state index in [9.17, 15) is 13.2 Å². The minimum Gasteiger partial charge on any atom is -0.357 e. The highest BCUT2D eigenvalue weighted by molar-refractivity contribution is 7.11. The zero-order valence-electron chi connectivity index (χ0n) is 14.5.